The van der Waals surface area contributed by atoms with Crippen molar-refractivity contribution in [3.05, 3.63) is 77.9 Å². The molecule has 7 heteroatoms. The Morgan fingerprint density at radius 3 is 2.18 bits per heavy atom. The number of hydrogen-bond donors (Lipinski definition) is 3. The Kier molecular flexibility index (Phi) is 9.15. The van der Waals surface area contributed by atoms with Crippen molar-refractivity contribution < 1.29 is 24.9 Å². The first-order valence-electron chi connectivity index (χ1n) is 13.6. The van der Waals surface area contributed by atoms with Gasteiger partial charge < -0.3 is 29.5 Å². The summed E-state index contributed by atoms with van der Waals surface area (Å²) in [6.07, 6.45) is 4.63. The van der Waals surface area contributed by atoms with Gasteiger partial charge in [-0.05, 0) is 86.3 Å². The molecule has 1 aliphatic rings. The van der Waals surface area contributed by atoms with E-state index < -0.39 is 5.97 Å². The summed E-state index contributed by atoms with van der Waals surface area (Å²) in [4.78, 5) is 11.5. The van der Waals surface area contributed by atoms with Crippen molar-refractivity contribution >= 4 is 22.6 Å². The number of phenolic OH excluding ortho intramolecular Hbond substituents is 2. The van der Waals surface area contributed by atoms with Crippen LogP contribution in [0.5, 0.6) is 11.5 Å². The van der Waals surface area contributed by atoms with Crippen LogP contribution in [0.2, 0.25) is 0 Å². The number of carbonyl (C=O) groups is 1. The second-order valence-corrected chi connectivity index (χ2v) is 9.88. The number of benzene rings is 3. The van der Waals surface area contributed by atoms with Crippen LogP contribution in [0.4, 0.5) is 5.69 Å². The molecule has 1 aliphatic heterocycles. The Labute approximate surface area is 229 Å². The molecule has 4 aromatic rings. The lowest BCUT2D eigenvalue weighted by atomic mass is 10.1. The molecule has 1 fully saturated rings. The number of aliphatic carboxylic acids is 1. The summed E-state index contributed by atoms with van der Waals surface area (Å²) in [6, 6.07) is 21.5. The zero-order chi connectivity index (χ0) is 27.9. The Bertz CT molecular complexity index is 1400. The highest BCUT2D eigenvalue weighted by Gasteiger charge is 2.27. The molecule has 1 saturated heterocycles. The number of aryl methyl sites for hydroxylation is 1. The van der Waals surface area contributed by atoms with E-state index >= 15 is 0 Å². The number of phenols is 2. The fourth-order valence-corrected chi connectivity index (χ4v) is 5.44. The number of fused-ring (bicyclic) bond motifs is 1. The predicted octanol–water partition coefficient (Wildman–Crippen LogP) is 7.08. The van der Waals surface area contributed by atoms with Crippen LogP contribution in [0.1, 0.15) is 56.9 Å². The maximum atomic E-state index is 10.3. The second kappa shape index (κ2) is 12.7. The molecule has 1 atom stereocenters. The normalized spacial score (nSPS) is 14.4. The van der Waals surface area contributed by atoms with E-state index in [1.807, 2.05) is 31.2 Å². The highest BCUT2D eigenvalue weighted by molar-refractivity contribution is 5.93. The highest BCUT2D eigenvalue weighted by Crippen LogP contribution is 2.42. The van der Waals surface area contributed by atoms with Gasteiger partial charge in [-0.3, -0.25) is 4.79 Å². The summed E-state index contributed by atoms with van der Waals surface area (Å²) in [6.45, 7) is 7.88. The van der Waals surface area contributed by atoms with E-state index in [-0.39, 0.29) is 17.7 Å². The number of aromatic hydroxyl groups is 2. The van der Waals surface area contributed by atoms with Crippen LogP contribution in [0.3, 0.4) is 0 Å². The number of aromatic nitrogens is 1. The smallest absolute Gasteiger partial charge is 0.300 e. The standard InChI is InChI=1S/C30H34N2O3.C2H4O2/c1-3-35-30(25-10-6-7-11-27(25)31-18-8-4-5-9-19-31)32-28-17-16-24(34)20-26(28)21(2)29(32)22-12-14-23(33)15-13-22;1-2(3)4/h6-7,10-17,20,30,33-34H,3-5,8-9,18-19H2,1-2H3;1H3,(H,3,4). The SMILES string of the molecule is CC(=O)O.CCOC(c1ccccc1N1CCCCCC1)n1c(-c2ccc(O)cc2)c(C)c2cc(O)ccc21. The quantitative estimate of drug-likeness (QED) is 0.246. The lowest BCUT2D eigenvalue weighted by molar-refractivity contribution is -0.134. The molecule has 0 bridgehead atoms. The van der Waals surface area contributed by atoms with Crippen LogP contribution in [0.15, 0.2) is 66.7 Å². The van der Waals surface area contributed by atoms with Crippen LogP contribution in [0.25, 0.3) is 22.2 Å². The van der Waals surface area contributed by atoms with Crippen LogP contribution in [-0.4, -0.2) is 45.6 Å². The third kappa shape index (κ3) is 6.37. The molecule has 0 saturated carbocycles. The fraction of sp³-hybridized carbons (Fsp3) is 0.344. The lowest BCUT2D eigenvalue weighted by Crippen LogP contribution is -2.27. The van der Waals surface area contributed by atoms with E-state index in [1.54, 1.807) is 18.2 Å². The van der Waals surface area contributed by atoms with Crippen molar-refractivity contribution in [1.82, 2.24) is 4.57 Å². The molecule has 0 spiro atoms. The first kappa shape index (κ1) is 28.0. The van der Waals surface area contributed by atoms with Crippen molar-refractivity contribution in [1.29, 1.82) is 0 Å². The Morgan fingerprint density at radius 1 is 0.923 bits per heavy atom. The van der Waals surface area contributed by atoms with Crippen LogP contribution in [-0.2, 0) is 9.53 Å². The van der Waals surface area contributed by atoms with Crippen molar-refractivity contribution in [3.8, 4) is 22.8 Å². The molecule has 3 aromatic carbocycles. The monoisotopic (exact) mass is 530 g/mol. The first-order valence-corrected chi connectivity index (χ1v) is 13.6. The number of carboxylic acids is 1. The van der Waals surface area contributed by atoms with Crippen LogP contribution < -0.4 is 4.90 Å². The summed E-state index contributed by atoms with van der Waals surface area (Å²) in [5, 5.41) is 28.6. The molecule has 0 amide bonds. The van der Waals surface area contributed by atoms with Gasteiger partial charge in [0, 0.05) is 43.3 Å². The van der Waals surface area contributed by atoms with Gasteiger partial charge in [0.2, 0.25) is 0 Å². The summed E-state index contributed by atoms with van der Waals surface area (Å²) in [5.74, 6) is -0.354. The molecule has 206 valence electrons. The molecule has 3 N–H and O–H groups in total. The van der Waals surface area contributed by atoms with Crippen molar-refractivity contribution in [2.45, 2.75) is 52.7 Å². The molecule has 5 rings (SSSR count). The number of para-hydroxylation sites is 1. The molecular weight excluding hydrogens is 492 g/mol. The van der Waals surface area contributed by atoms with Gasteiger partial charge in [-0.2, -0.15) is 0 Å². The number of carboxylic acid groups (broad SMARTS) is 1. The van der Waals surface area contributed by atoms with Gasteiger partial charge in [0.15, 0.2) is 6.23 Å². The van der Waals surface area contributed by atoms with Gasteiger partial charge in [0.1, 0.15) is 11.5 Å². The molecule has 0 aliphatic carbocycles. The van der Waals surface area contributed by atoms with Crippen molar-refractivity contribution in [3.63, 3.8) is 0 Å². The van der Waals surface area contributed by atoms with E-state index in [9.17, 15) is 10.2 Å². The summed E-state index contributed by atoms with van der Waals surface area (Å²) in [7, 11) is 0. The molecule has 39 heavy (non-hydrogen) atoms. The third-order valence-corrected chi connectivity index (χ3v) is 7.09. The third-order valence-electron chi connectivity index (χ3n) is 7.09. The van der Waals surface area contributed by atoms with E-state index in [0.717, 1.165) is 53.3 Å². The summed E-state index contributed by atoms with van der Waals surface area (Å²) in [5.41, 5.74) is 6.46. The zero-order valence-corrected chi connectivity index (χ0v) is 22.9. The topological polar surface area (TPSA) is 95.2 Å². The minimum absolute atomic E-state index is 0.236. The predicted molar refractivity (Wildman–Crippen MR) is 156 cm³/mol. The van der Waals surface area contributed by atoms with Gasteiger partial charge in [-0.25, -0.2) is 0 Å². The highest BCUT2D eigenvalue weighted by atomic mass is 16.5. The maximum Gasteiger partial charge on any atom is 0.300 e. The Hall–Kier alpha value is -3.97. The molecule has 0 radical (unpaired) electrons. The lowest BCUT2D eigenvalue weighted by Gasteiger charge is -2.30. The van der Waals surface area contributed by atoms with Crippen LogP contribution >= 0.6 is 0 Å². The molecular formula is C32H38N2O5. The van der Waals surface area contributed by atoms with E-state index in [4.69, 9.17) is 14.6 Å². The average Bonchev–Trinajstić information content (AvgIpc) is 3.06. The number of rotatable bonds is 6. The van der Waals surface area contributed by atoms with Gasteiger partial charge in [-0.1, -0.05) is 31.0 Å². The van der Waals surface area contributed by atoms with Gasteiger partial charge in [-0.15, -0.1) is 0 Å². The number of ether oxygens (including phenoxy) is 1. The first-order chi connectivity index (χ1) is 18.8. The molecule has 1 unspecified atom stereocenters. The van der Waals surface area contributed by atoms with Crippen molar-refractivity contribution in [2.24, 2.45) is 0 Å². The molecule has 7 nitrogen and oxygen atoms in total. The maximum absolute atomic E-state index is 10.3. The largest absolute Gasteiger partial charge is 0.508 e. The van der Waals surface area contributed by atoms with Gasteiger partial charge in [0.05, 0.1) is 11.2 Å². The Balaban J connectivity index is 0.000000826. The minimum Gasteiger partial charge on any atom is -0.508 e. The number of nitrogens with zero attached hydrogens (tertiary/aromatic N) is 2. The van der Waals surface area contributed by atoms with E-state index in [0.29, 0.717) is 6.61 Å². The molecule has 2 heterocycles. The van der Waals surface area contributed by atoms with Crippen LogP contribution in [0, 0.1) is 6.92 Å². The number of anilines is 1. The minimum atomic E-state index is -0.833. The summed E-state index contributed by atoms with van der Waals surface area (Å²) >= 11 is 0. The van der Waals surface area contributed by atoms with E-state index in [1.165, 1.54) is 31.4 Å². The summed E-state index contributed by atoms with van der Waals surface area (Å²) < 4.78 is 8.80. The fourth-order valence-electron chi connectivity index (χ4n) is 5.44. The van der Waals surface area contributed by atoms with Crippen molar-refractivity contribution in [2.75, 3.05) is 24.6 Å². The molecule has 1 aromatic heterocycles. The average molecular weight is 531 g/mol. The number of hydrogen-bond acceptors (Lipinski definition) is 5. The van der Waals surface area contributed by atoms with Gasteiger partial charge in [0.25, 0.3) is 5.97 Å². The van der Waals surface area contributed by atoms with Gasteiger partial charge >= 0.3 is 0 Å². The Morgan fingerprint density at radius 2 is 1.54 bits per heavy atom. The second-order valence-electron chi connectivity index (χ2n) is 9.88. The zero-order valence-electron chi connectivity index (χ0n) is 22.9. The van der Waals surface area contributed by atoms with E-state index in [2.05, 4.69) is 40.7 Å².